The Hall–Kier alpha value is -1.67. The van der Waals surface area contributed by atoms with E-state index in [0.29, 0.717) is 27.7 Å². The number of aryl methyl sites for hydroxylation is 1. The van der Waals surface area contributed by atoms with Crippen molar-refractivity contribution in [1.82, 2.24) is 15.3 Å². The molecule has 0 aromatic carbocycles. The number of thiophene rings is 1. The number of aromatic nitrogens is 2. The number of carbonyl (C=O) groups excluding carboxylic acids is 1. The van der Waals surface area contributed by atoms with Gasteiger partial charge in [0, 0.05) is 24.2 Å². The Labute approximate surface area is 151 Å². The largest absolute Gasteiger partial charge is 0.433 e. The molecular weight excluding hydrogens is 375 g/mol. The minimum absolute atomic E-state index is 0.109. The summed E-state index contributed by atoms with van der Waals surface area (Å²) in [5, 5.41) is 2.65. The Kier molecular flexibility index (Phi) is 5.29. The van der Waals surface area contributed by atoms with Crippen molar-refractivity contribution in [3.63, 3.8) is 0 Å². The summed E-state index contributed by atoms with van der Waals surface area (Å²) in [7, 11) is 0. The smallest absolute Gasteiger partial charge is 0.351 e. The van der Waals surface area contributed by atoms with Gasteiger partial charge in [-0.2, -0.15) is 13.2 Å². The van der Waals surface area contributed by atoms with Crippen LogP contribution in [-0.2, 0) is 25.4 Å². The maximum Gasteiger partial charge on any atom is 0.433 e. The van der Waals surface area contributed by atoms with Crippen LogP contribution in [0.4, 0.5) is 13.2 Å². The van der Waals surface area contributed by atoms with Gasteiger partial charge in [-0.15, -0.1) is 11.3 Å². The second-order valence-corrected chi connectivity index (χ2v) is 7.44. The summed E-state index contributed by atoms with van der Waals surface area (Å²) >= 11 is 6.91. The lowest BCUT2D eigenvalue weighted by atomic mass is 9.94. The SMILES string of the molecule is O=C(NCCc1nc2c(c(C(F)(F)F)n1)CCCC2)c1ccc(Cl)s1. The molecule has 2 aromatic heterocycles. The molecule has 1 aliphatic carbocycles. The molecule has 0 radical (unpaired) electrons. The number of rotatable bonds is 4. The molecule has 1 aliphatic rings. The Balaban J connectivity index is 1.71. The second-order valence-electron chi connectivity index (χ2n) is 5.73. The summed E-state index contributed by atoms with van der Waals surface area (Å²) < 4.78 is 40.3. The number of hydrogen-bond acceptors (Lipinski definition) is 4. The van der Waals surface area contributed by atoms with Crippen LogP contribution in [0.15, 0.2) is 12.1 Å². The standard InChI is InChI=1S/C16H15ClF3N3OS/c17-12-6-5-11(25-12)15(24)21-8-7-13-22-10-4-2-1-3-9(10)14(23-13)16(18,19)20/h5-6H,1-4,7-8H2,(H,21,24). The van der Waals surface area contributed by atoms with Crippen LogP contribution >= 0.6 is 22.9 Å². The number of amides is 1. The molecule has 3 rings (SSSR count). The topological polar surface area (TPSA) is 54.9 Å². The maximum atomic E-state index is 13.3. The lowest BCUT2D eigenvalue weighted by Gasteiger charge is -2.20. The predicted octanol–water partition coefficient (Wildman–Crippen LogP) is 4.06. The fourth-order valence-corrected chi connectivity index (χ4v) is 3.76. The molecule has 0 saturated carbocycles. The highest BCUT2D eigenvalue weighted by Gasteiger charge is 2.37. The molecule has 0 saturated heterocycles. The molecule has 0 spiro atoms. The number of alkyl halides is 3. The van der Waals surface area contributed by atoms with Gasteiger partial charge in [-0.3, -0.25) is 4.79 Å². The minimum atomic E-state index is -4.49. The van der Waals surface area contributed by atoms with E-state index in [9.17, 15) is 18.0 Å². The van der Waals surface area contributed by atoms with Gasteiger partial charge in [0.25, 0.3) is 5.91 Å². The molecule has 0 atom stereocenters. The Bertz CT molecular complexity index is 791. The van der Waals surface area contributed by atoms with Crippen molar-refractivity contribution in [3.8, 4) is 0 Å². The Morgan fingerprint density at radius 3 is 2.68 bits per heavy atom. The highest BCUT2D eigenvalue weighted by Crippen LogP contribution is 2.34. The van der Waals surface area contributed by atoms with Gasteiger partial charge in [0.2, 0.25) is 0 Å². The average Bonchev–Trinajstić information content (AvgIpc) is 3.00. The van der Waals surface area contributed by atoms with E-state index in [4.69, 9.17) is 11.6 Å². The third-order valence-electron chi connectivity index (χ3n) is 3.93. The van der Waals surface area contributed by atoms with Crippen molar-refractivity contribution < 1.29 is 18.0 Å². The van der Waals surface area contributed by atoms with Crippen LogP contribution in [0.25, 0.3) is 0 Å². The van der Waals surface area contributed by atoms with E-state index in [1.807, 2.05) is 0 Å². The van der Waals surface area contributed by atoms with Crippen LogP contribution in [-0.4, -0.2) is 22.4 Å². The second kappa shape index (κ2) is 7.29. The zero-order valence-corrected chi connectivity index (χ0v) is 14.7. The molecule has 2 heterocycles. The van der Waals surface area contributed by atoms with Crippen LogP contribution in [0.2, 0.25) is 4.34 Å². The monoisotopic (exact) mass is 389 g/mol. The molecule has 134 valence electrons. The predicted molar refractivity (Wildman–Crippen MR) is 89.0 cm³/mol. The van der Waals surface area contributed by atoms with Gasteiger partial charge < -0.3 is 5.32 Å². The van der Waals surface area contributed by atoms with E-state index in [1.165, 1.54) is 0 Å². The summed E-state index contributed by atoms with van der Waals surface area (Å²) in [4.78, 5) is 20.4. The molecule has 0 aliphatic heterocycles. The number of halogens is 4. The minimum Gasteiger partial charge on any atom is -0.351 e. The fourth-order valence-electron chi connectivity index (χ4n) is 2.80. The number of carbonyl (C=O) groups is 1. The highest BCUT2D eigenvalue weighted by molar-refractivity contribution is 7.17. The molecule has 0 bridgehead atoms. The number of nitrogens with zero attached hydrogens (tertiary/aromatic N) is 2. The van der Waals surface area contributed by atoms with Crippen LogP contribution in [0.3, 0.4) is 0 Å². The number of nitrogens with one attached hydrogen (secondary N) is 1. The van der Waals surface area contributed by atoms with E-state index in [1.54, 1.807) is 12.1 Å². The van der Waals surface area contributed by atoms with Crippen molar-refractivity contribution >= 4 is 28.8 Å². The van der Waals surface area contributed by atoms with Crippen LogP contribution in [0.1, 0.15) is 45.3 Å². The molecular formula is C16H15ClF3N3OS. The molecule has 25 heavy (non-hydrogen) atoms. The summed E-state index contributed by atoms with van der Waals surface area (Å²) in [6, 6.07) is 3.21. The number of hydrogen-bond donors (Lipinski definition) is 1. The van der Waals surface area contributed by atoms with Crippen LogP contribution < -0.4 is 5.32 Å². The molecule has 0 fully saturated rings. The highest BCUT2D eigenvalue weighted by atomic mass is 35.5. The summed E-state index contributed by atoms with van der Waals surface area (Å²) in [6.07, 6.45) is -1.90. The first-order valence-corrected chi connectivity index (χ1v) is 9.03. The summed E-state index contributed by atoms with van der Waals surface area (Å²) in [5.41, 5.74) is -0.122. The normalized spacial score (nSPS) is 14.2. The van der Waals surface area contributed by atoms with Gasteiger partial charge in [0.05, 0.1) is 9.21 Å². The summed E-state index contributed by atoms with van der Waals surface area (Å²) in [6.45, 7) is 0.157. The lowest BCUT2D eigenvalue weighted by molar-refractivity contribution is -0.142. The van der Waals surface area contributed by atoms with Gasteiger partial charge in [0.15, 0.2) is 5.69 Å². The third-order valence-corrected chi connectivity index (χ3v) is 5.16. The summed E-state index contributed by atoms with van der Waals surface area (Å²) in [5.74, 6) is -0.205. The van der Waals surface area contributed by atoms with Crippen molar-refractivity contribution in [2.24, 2.45) is 0 Å². The van der Waals surface area contributed by atoms with E-state index in [2.05, 4.69) is 15.3 Å². The molecule has 1 amide bonds. The first-order chi connectivity index (χ1) is 11.8. The van der Waals surface area contributed by atoms with Crippen molar-refractivity contribution in [3.05, 3.63) is 44.1 Å². The van der Waals surface area contributed by atoms with Gasteiger partial charge in [-0.1, -0.05) is 11.6 Å². The van der Waals surface area contributed by atoms with Crippen molar-refractivity contribution in [2.45, 2.75) is 38.3 Å². The van der Waals surface area contributed by atoms with Crippen LogP contribution in [0.5, 0.6) is 0 Å². The quantitative estimate of drug-likeness (QED) is 0.857. The molecule has 0 unspecified atom stereocenters. The van der Waals surface area contributed by atoms with E-state index >= 15 is 0 Å². The maximum absolute atomic E-state index is 13.3. The van der Waals surface area contributed by atoms with Crippen LogP contribution in [0, 0.1) is 0 Å². The third kappa shape index (κ3) is 4.30. The zero-order valence-electron chi connectivity index (χ0n) is 13.1. The van der Waals surface area contributed by atoms with E-state index < -0.39 is 11.9 Å². The van der Waals surface area contributed by atoms with Gasteiger partial charge in [-0.25, -0.2) is 9.97 Å². The van der Waals surface area contributed by atoms with Gasteiger partial charge in [-0.05, 0) is 37.8 Å². The number of fused-ring (bicyclic) bond motifs is 1. The fraction of sp³-hybridized carbons (Fsp3) is 0.438. The first-order valence-electron chi connectivity index (χ1n) is 7.84. The Morgan fingerprint density at radius 2 is 2.00 bits per heavy atom. The van der Waals surface area contributed by atoms with Gasteiger partial charge in [0.1, 0.15) is 5.82 Å². The van der Waals surface area contributed by atoms with Crippen molar-refractivity contribution in [1.29, 1.82) is 0 Å². The van der Waals surface area contributed by atoms with E-state index in [-0.39, 0.29) is 30.3 Å². The molecule has 9 heteroatoms. The van der Waals surface area contributed by atoms with E-state index in [0.717, 1.165) is 24.2 Å². The van der Waals surface area contributed by atoms with Gasteiger partial charge >= 0.3 is 6.18 Å². The molecule has 4 nitrogen and oxygen atoms in total. The lowest BCUT2D eigenvalue weighted by Crippen LogP contribution is -2.26. The Morgan fingerprint density at radius 1 is 1.24 bits per heavy atom. The van der Waals surface area contributed by atoms with Crippen molar-refractivity contribution in [2.75, 3.05) is 6.54 Å². The molecule has 1 N–H and O–H groups in total. The first kappa shape index (κ1) is 18.1. The average molecular weight is 390 g/mol. The zero-order chi connectivity index (χ0) is 18.0. The molecule has 2 aromatic rings.